The van der Waals surface area contributed by atoms with E-state index >= 15 is 0 Å². The Balaban J connectivity index is 1.88. The van der Waals surface area contributed by atoms with Crippen molar-refractivity contribution in [3.8, 4) is 5.75 Å². The molecular formula is C14H12F3NOS. The Morgan fingerprint density at radius 1 is 1.30 bits per heavy atom. The van der Waals surface area contributed by atoms with Crippen LogP contribution in [0.1, 0.15) is 22.1 Å². The number of rotatable bonds is 1. The van der Waals surface area contributed by atoms with Crippen molar-refractivity contribution in [2.75, 3.05) is 11.9 Å². The van der Waals surface area contributed by atoms with Crippen molar-refractivity contribution >= 4 is 17.0 Å². The van der Waals surface area contributed by atoms with Gasteiger partial charge >= 0.3 is 6.18 Å². The van der Waals surface area contributed by atoms with E-state index in [0.29, 0.717) is 18.0 Å². The average Bonchev–Trinajstić information content (AvgIpc) is 2.83. The largest absolute Gasteiger partial charge is 0.481 e. The van der Waals surface area contributed by atoms with Crippen LogP contribution in [-0.2, 0) is 6.18 Å². The molecule has 2 nitrogen and oxygen atoms in total. The lowest BCUT2D eigenvalue weighted by Gasteiger charge is -2.28. The normalized spacial score (nSPS) is 18.1. The van der Waals surface area contributed by atoms with Crippen LogP contribution in [-0.4, -0.2) is 6.54 Å². The van der Waals surface area contributed by atoms with Gasteiger partial charge in [0.15, 0.2) is 6.10 Å². The van der Waals surface area contributed by atoms with Gasteiger partial charge in [0.05, 0.1) is 17.8 Å². The molecule has 1 aromatic carbocycles. The summed E-state index contributed by atoms with van der Waals surface area (Å²) in [6.45, 7) is 2.47. The van der Waals surface area contributed by atoms with Gasteiger partial charge in [-0.25, -0.2) is 0 Å². The molecule has 0 spiro atoms. The third-order valence-corrected chi connectivity index (χ3v) is 4.36. The first-order valence-corrected chi connectivity index (χ1v) is 6.99. The smallest absolute Gasteiger partial charge is 0.416 e. The number of hydrogen-bond acceptors (Lipinski definition) is 3. The zero-order chi connectivity index (χ0) is 14.3. The van der Waals surface area contributed by atoms with E-state index < -0.39 is 11.7 Å². The Hall–Kier alpha value is -1.69. The summed E-state index contributed by atoms with van der Waals surface area (Å²) in [7, 11) is 0. The molecule has 0 bridgehead atoms. The third-order valence-electron chi connectivity index (χ3n) is 3.25. The molecule has 1 aliphatic heterocycles. The lowest BCUT2D eigenvalue weighted by Crippen LogP contribution is -2.23. The van der Waals surface area contributed by atoms with Crippen molar-refractivity contribution < 1.29 is 17.9 Å². The van der Waals surface area contributed by atoms with Gasteiger partial charge in [0.2, 0.25) is 0 Å². The maximum Gasteiger partial charge on any atom is 0.416 e. The molecule has 1 aliphatic rings. The van der Waals surface area contributed by atoms with E-state index in [9.17, 15) is 13.2 Å². The summed E-state index contributed by atoms with van der Waals surface area (Å²) in [5, 5.41) is 5.00. The van der Waals surface area contributed by atoms with Crippen molar-refractivity contribution in [3.63, 3.8) is 0 Å². The maximum atomic E-state index is 12.6. The molecule has 0 amide bonds. The van der Waals surface area contributed by atoms with Crippen molar-refractivity contribution in [1.82, 2.24) is 0 Å². The molecule has 2 aromatic rings. The molecule has 0 fully saturated rings. The molecule has 1 aromatic heterocycles. The van der Waals surface area contributed by atoms with E-state index in [1.807, 2.05) is 18.4 Å². The minimum Gasteiger partial charge on any atom is -0.481 e. The van der Waals surface area contributed by atoms with Crippen molar-refractivity contribution in [1.29, 1.82) is 0 Å². The first kappa shape index (κ1) is 13.3. The van der Waals surface area contributed by atoms with Gasteiger partial charge in [-0.15, -0.1) is 11.3 Å². The van der Waals surface area contributed by atoms with Gasteiger partial charge in [0.25, 0.3) is 0 Å². The van der Waals surface area contributed by atoms with Crippen molar-refractivity contribution in [3.05, 3.63) is 45.6 Å². The predicted octanol–water partition coefficient (Wildman–Crippen LogP) is 4.62. The Kier molecular flexibility index (Phi) is 3.12. The number of fused-ring (bicyclic) bond motifs is 1. The highest BCUT2D eigenvalue weighted by molar-refractivity contribution is 7.10. The third kappa shape index (κ3) is 2.35. The number of benzene rings is 1. The van der Waals surface area contributed by atoms with Gasteiger partial charge in [0.1, 0.15) is 5.75 Å². The van der Waals surface area contributed by atoms with Crippen LogP contribution in [0.4, 0.5) is 18.9 Å². The molecule has 1 unspecified atom stereocenters. The topological polar surface area (TPSA) is 21.3 Å². The van der Waals surface area contributed by atoms with E-state index in [-0.39, 0.29) is 6.10 Å². The standard InChI is InChI=1S/C14H12F3NOS/c1-8-4-5-20-13(8)12-7-18-10-6-9(14(15,16)17)2-3-11(10)19-12/h2-6,12,18H,7H2,1H3. The first-order chi connectivity index (χ1) is 9.45. The highest BCUT2D eigenvalue weighted by Crippen LogP contribution is 2.40. The van der Waals surface area contributed by atoms with Crippen LogP contribution in [0.3, 0.4) is 0 Å². The Labute approximate surface area is 118 Å². The molecule has 1 N–H and O–H groups in total. The number of ether oxygens (including phenoxy) is 1. The van der Waals surface area contributed by atoms with E-state index in [4.69, 9.17) is 4.74 Å². The summed E-state index contributed by atoms with van der Waals surface area (Å²) in [6.07, 6.45) is -4.49. The molecule has 20 heavy (non-hydrogen) atoms. The summed E-state index contributed by atoms with van der Waals surface area (Å²) >= 11 is 1.59. The molecule has 0 aliphatic carbocycles. The zero-order valence-corrected chi connectivity index (χ0v) is 11.4. The second-order valence-electron chi connectivity index (χ2n) is 4.66. The molecule has 2 heterocycles. The van der Waals surface area contributed by atoms with Crippen LogP contribution in [0.15, 0.2) is 29.6 Å². The quantitative estimate of drug-likeness (QED) is 0.829. The zero-order valence-electron chi connectivity index (χ0n) is 10.6. The number of hydrogen-bond donors (Lipinski definition) is 1. The van der Waals surface area contributed by atoms with E-state index in [1.54, 1.807) is 11.3 Å². The van der Waals surface area contributed by atoms with Crippen LogP contribution < -0.4 is 10.1 Å². The summed E-state index contributed by atoms with van der Waals surface area (Å²) in [5.74, 6) is 0.460. The molecular weight excluding hydrogens is 287 g/mol. The molecule has 0 saturated carbocycles. The number of anilines is 1. The fraction of sp³-hybridized carbons (Fsp3) is 0.286. The highest BCUT2D eigenvalue weighted by Gasteiger charge is 2.32. The van der Waals surface area contributed by atoms with E-state index in [0.717, 1.165) is 22.6 Å². The fourth-order valence-corrected chi connectivity index (χ4v) is 3.16. The van der Waals surface area contributed by atoms with Gasteiger partial charge in [-0.05, 0) is 42.1 Å². The number of alkyl halides is 3. The number of nitrogens with one attached hydrogen (secondary N) is 1. The Bertz CT molecular complexity index is 636. The van der Waals surface area contributed by atoms with Gasteiger partial charge in [0, 0.05) is 4.88 Å². The summed E-state index contributed by atoms with van der Waals surface area (Å²) in [6, 6.07) is 5.52. The molecule has 1 atom stereocenters. The first-order valence-electron chi connectivity index (χ1n) is 6.11. The number of aryl methyl sites for hydroxylation is 1. The number of halogens is 3. The van der Waals surface area contributed by atoms with Gasteiger partial charge in [-0.2, -0.15) is 13.2 Å². The van der Waals surface area contributed by atoms with Gasteiger partial charge in [-0.3, -0.25) is 0 Å². The molecule has 0 saturated heterocycles. The van der Waals surface area contributed by atoms with Gasteiger partial charge < -0.3 is 10.1 Å². The molecule has 6 heteroatoms. The molecule has 106 valence electrons. The second-order valence-corrected chi connectivity index (χ2v) is 5.61. The minimum atomic E-state index is -4.34. The van der Waals surface area contributed by atoms with Crippen LogP contribution in [0, 0.1) is 6.92 Å². The predicted molar refractivity (Wildman–Crippen MR) is 72.4 cm³/mol. The SMILES string of the molecule is Cc1ccsc1C1CNc2cc(C(F)(F)F)ccc2O1. The Morgan fingerprint density at radius 3 is 2.75 bits per heavy atom. The molecule has 0 radical (unpaired) electrons. The van der Waals surface area contributed by atoms with Gasteiger partial charge in [-0.1, -0.05) is 0 Å². The number of thiophene rings is 1. The van der Waals surface area contributed by atoms with Crippen LogP contribution >= 0.6 is 11.3 Å². The van der Waals surface area contributed by atoms with Crippen molar-refractivity contribution in [2.24, 2.45) is 0 Å². The van der Waals surface area contributed by atoms with E-state index in [2.05, 4.69) is 5.32 Å². The summed E-state index contributed by atoms with van der Waals surface area (Å²) in [5.41, 5.74) is 0.862. The van der Waals surface area contributed by atoms with Crippen LogP contribution in [0.2, 0.25) is 0 Å². The van der Waals surface area contributed by atoms with Crippen molar-refractivity contribution in [2.45, 2.75) is 19.2 Å². The van der Waals surface area contributed by atoms with E-state index in [1.165, 1.54) is 6.07 Å². The van der Waals surface area contributed by atoms with Crippen LogP contribution in [0.5, 0.6) is 5.75 Å². The average molecular weight is 299 g/mol. The summed E-state index contributed by atoms with van der Waals surface area (Å²) in [4.78, 5) is 1.10. The lowest BCUT2D eigenvalue weighted by molar-refractivity contribution is -0.137. The lowest BCUT2D eigenvalue weighted by atomic mass is 10.1. The Morgan fingerprint density at radius 2 is 2.10 bits per heavy atom. The molecule has 3 rings (SSSR count). The minimum absolute atomic E-state index is 0.153. The summed E-state index contributed by atoms with van der Waals surface area (Å²) < 4.78 is 43.7. The van der Waals surface area contributed by atoms with Crippen LogP contribution in [0.25, 0.3) is 0 Å². The highest BCUT2D eigenvalue weighted by atomic mass is 32.1. The second kappa shape index (κ2) is 4.70. The fourth-order valence-electron chi connectivity index (χ4n) is 2.21. The monoisotopic (exact) mass is 299 g/mol. The maximum absolute atomic E-state index is 12.6.